The summed E-state index contributed by atoms with van der Waals surface area (Å²) in [7, 11) is 0. The van der Waals surface area contributed by atoms with Crippen molar-refractivity contribution in [1.82, 2.24) is 49.7 Å². The normalized spacial score (nSPS) is 33.5. The van der Waals surface area contributed by atoms with Crippen LogP contribution in [-0.2, 0) is 19.1 Å². The van der Waals surface area contributed by atoms with Crippen LogP contribution in [0.15, 0.2) is 25.3 Å². The van der Waals surface area contributed by atoms with E-state index >= 15 is 0 Å². The zero-order valence-electron chi connectivity index (χ0n) is 24.8. The van der Waals surface area contributed by atoms with Crippen molar-refractivity contribution in [2.45, 2.75) is 61.3 Å². The number of rotatable bonds is 0. The van der Waals surface area contributed by atoms with Gasteiger partial charge in [0.2, 0.25) is 0 Å². The summed E-state index contributed by atoms with van der Waals surface area (Å²) in [4.78, 5) is 51.8. The molecule has 2 fully saturated rings. The summed E-state index contributed by atoms with van der Waals surface area (Å²) in [6.07, 6.45) is -11.6. The first-order valence-electron chi connectivity index (χ1n) is 14.9. The number of ether oxygens (including phenoxy) is 2. The van der Waals surface area contributed by atoms with E-state index in [1.807, 2.05) is 0 Å². The van der Waals surface area contributed by atoms with Crippen LogP contribution < -0.4 is 21.3 Å². The molecule has 10 atom stereocenters. The second-order valence-electron chi connectivity index (χ2n) is 11.4. The number of fused-ring (bicyclic) bond motifs is 6. The number of carbonyl (C=O) groups is 2. The van der Waals surface area contributed by atoms with Gasteiger partial charge in [-0.2, -0.15) is 0 Å². The van der Waals surface area contributed by atoms with Crippen LogP contribution in [0.3, 0.4) is 0 Å². The minimum Gasteiger partial charge on any atom is -0.387 e. The molecule has 48 heavy (non-hydrogen) atoms. The van der Waals surface area contributed by atoms with Crippen molar-refractivity contribution in [3.8, 4) is 0 Å². The van der Waals surface area contributed by atoms with Crippen LogP contribution >= 0.6 is 0 Å². The molecule has 7 rings (SSSR count). The first kappa shape index (κ1) is 31.9. The monoisotopic (exact) mass is 672 g/mol. The fourth-order valence-corrected chi connectivity index (χ4v) is 5.89. The second kappa shape index (κ2) is 12.7. The molecule has 3 aliphatic heterocycles. The van der Waals surface area contributed by atoms with E-state index in [9.17, 15) is 40.2 Å². The Labute approximate surface area is 268 Å². The van der Waals surface area contributed by atoms with Gasteiger partial charge in [-0.05, 0) is 0 Å². The number of aliphatic hydroxyl groups excluding tert-OH is 6. The number of nitrogens with one attached hydrogen (secondary N) is 4. The van der Waals surface area contributed by atoms with Gasteiger partial charge in [0.15, 0.2) is 58.6 Å². The maximum absolute atomic E-state index is 13.1. The number of amides is 2. The summed E-state index contributed by atoms with van der Waals surface area (Å²) < 4.78 is 14.2. The Morgan fingerprint density at radius 2 is 0.938 bits per heavy atom. The van der Waals surface area contributed by atoms with Gasteiger partial charge in [-0.1, -0.05) is 0 Å². The first-order chi connectivity index (χ1) is 23.2. The van der Waals surface area contributed by atoms with E-state index in [1.54, 1.807) is 0 Å². The van der Waals surface area contributed by atoms with Crippen LogP contribution in [0, 0.1) is 0 Å². The van der Waals surface area contributed by atoms with Gasteiger partial charge in [-0.3, -0.25) is 18.7 Å². The van der Waals surface area contributed by atoms with Gasteiger partial charge in [-0.25, -0.2) is 29.9 Å². The van der Waals surface area contributed by atoms with Crippen molar-refractivity contribution in [1.29, 1.82) is 0 Å². The third-order valence-corrected chi connectivity index (χ3v) is 8.39. The molecule has 12 bridgehead atoms. The molecular weight excluding hydrogens is 640 g/mol. The van der Waals surface area contributed by atoms with Crippen LogP contribution in [-0.4, -0.2) is 157 Å². The Morgan fingerprint density at radius 1 is 0.542 bits per heavy atom. The molecule has 0 saturated carbocycles. The van der Waals surface area contributed by atoms with E-state index in [2.05, 4.69) is 51.2 Å². The number of aliphatic hydroxyl groups is 6. The van der Waals surface area contributed by atoms with Gasteiger partial charge in [0, 0.05) is 26.2 Å². The molecular formula is C26H32N12O10. The average molecular weight is 673 g/mol. The number of carbonyl (C=O) groups excluding carboxylic acids is 2. The zero-order chi connectivity index (χ0) is 33.7. The molecule has 0 radical (unpaired) electrons. The van der Waals surface area contributed by atoms with E-state index in [0.29, 0.717) is 22.7 Å². The second-order valence-corrected chi connectivity index (χ2v) is 11.4. The fourth-order valence-electron chi connectivity index (χ4n) is 5.89. The van der Waals surface area contributed by atoms with E-state index in [-0.39, 0.29) is 37.5 Å². The highest BCUT2D eigenvalue weighted by Gasteiger charge is 2.49. The maximum Gasteiger partial charge on any atom is 0.252 e. The van der Waals surface area contributed by atoms with Crippen molar-refractivity contribution in [2.24, 2.45) is 0 Å². The van der Waals surface area contributed by atoms with Crippen LogP contribution in [0.25, 0.3) is 22.3 Å². The Morgan fingerprint density at radius 3 is 1.35 bits per heavy atom. The van der Waals surface area contributed by atoms with E-state index < -0.39 is 73.1 Å². The molecule has 4 aromatic heterocycles. The molecule has 0 aliphatic carbocycles. The van der Waals surface area contributed by atoms with Gasteiger partial charge in [0.1, 0.15) is 49.3 Å². The van der Waals surface area contributed by atoms with Gasteiger partial charge in [0.05, 0.1) is 12.7 Å². The highest BCUT2D eigenvalue weighted by atomic mass is 16.6. The minimum absolute atomic E-state index is 0.201. The summed E-state index contributed by atoms with van der Waals surface area (Å²) in [5, 5.41) is 75.2. The maximum atomic E-state index is 13.1. The van der Waals surface area contributed by atoms with E-state index in [4.69, 9.17) is 9.47 Å². The molecule has 7 heterocycles. The van der Waals surface area contributed by atoms with Crippen LogP contribution in [0.2, 0.25) is 0 Å². The predicted molar refractivity (Wildman–Crippen MR) is 158 cm³/mol. The van der Waals surface area contributed by atoms with Gasteiger partial charge < -0.3 is 61.4 Å². The summed E-state index contributed by atoms with van der Waals surface area (Å²) >= 11 is 0. The minimum atomic E-state index is -1.81. The molecule has 0 aromatic carbocycles. The third-order valence-electron chi connectivity index (χ3n) is 8.39. The van der Waals surface area contributed by atoms with Crippen molar-refractivity contribution in [2.75, 3.05) is 36.8 Å². The quantitative estimate of drug-likeness (QED) is 0.0834. The number of nitrogens with zero attached hydrogens (tertiary/aromatic N) is 8. The van der Waals surface area contributed by atoms with E-state index in [0.717, 1.165) is 0 Å². The molecule has 10 N–H and O–H groups in total. The van der Waals surface area contributed by atoms with Crippen LogP contribution in [0.1, 0.15) is 12.5 Å². The standard InChI is InChI=1S/C26H32N12O10/c39-11-13(41)17-23(45)29-3-4-30-24(46)18-14(42)12(40)16(44)26(48-18)38-8-36-10-20(32-6-34-22(10)38)28-2-1-27-19-9-21(33-5-31-19)37(7-35-9)25(47-17)15(11)43/h5-8,11-18,25-26,39-44H,1-4H2,(H,29,45)(H,30,46)(H,27,31,33)(H,28,32,34)/t11-,12-,13-,14-,15+,16+,17-,18-,25+,26+/m0/s1. The van der Waals surface area contributed by atoms with Crippen molar-refractivity contribution < 1.29 is 49.7 Å². The van der Waals surface area contributed by atoms with Crippen molar-refractivity contribution in [3.63, 3.8) is 0 Å². The highest BCUT2D eigenvalue weighted by molar-refractivity contribution is 5.85. The van der Waals surface area contributed by atoms with Crippen molar-refractivity contribution in [3.05, 3.63) is 25.3 Å². The Balaban J connectivity index is 1.21. The number of aromatic nitrogens is 8. The lowest BCUT2D eigenvalue weighted by atomic mass is 9.97. The van der Waals surface area contributed by atoms with Crippen LogP contribution in [0.5, 0.6) is 0 Å². The molecule has 22 nitrogen and oxygen atoms in total. The summed E-state index contributed by atoms with van der Waals surface area (Å²) in [6, 6.07) is 0. The Bertz CT molecular complexity index is 1690. The molecule has 256 valence electrons. The number of anilines is 2. The zero-order valence-corrected chi connectivity index (χ0v) is 24.8. The molecule has 0 spiro atoms. The first-order valence-corrected chi connectivity index (χ1v) is 14.9. The predicted octanol–water partition coefficient (Wildman–Crippen LogP) is -5.30. The topological polar surface area (TPSA) is 309 Å². The van der Waals surface area contributed by atoms with E-state index in [1.165, 1.54) is 34.4 Å². The lowest BCUT2D eigenvalue weighted by Gasteiger charge is -2.40. The van der Waals surface area contributed by atoms with Gasteiger partial charge in [-0.15, -0.1) is 0 Å². The van der Waals surface area contributed by atoms with Crippen molar-refractivity contribution >= 4 is 45.8 Å². The lowest BCUT2D eigenvalue weighted by Crippen LogP contribution is -2.61. The Kier molecular flexibility index (Phi) is 8.46. The SMILES string of the molecule is O=C1NCCNC(=O)[C@H]2O[C@H]([C@H](O)[C@@H](O)[C@@H]2O)n2cnc3c(ncnc32)NCCNc2ncnc3c2ncn3[C@@H]2O[C@H]1[C@@H](O)[C@H](O)[C@H]2O. The lowest BCUT2D eigenvalue weighted by molar-refractivity contribution is -0.240. The molecule has 2 amide bonds. The molecule has 4 aromatic rings. The number of imidazole rings is 2. The smallest absolute Gasteiger partial charge is 0.252 e. The number of hydrogen-bond donors (Lipinski definition) is 10. The largest absolute Gasteiger partial charge is 0.387 e. The van der Waals surface area contributed by atoms with Gasteiger partial charge >= 0.3 is 0 Å². The molecule has 22 heteroatoms. The molecule has 3 aliphatic rings. The summed E-state index contributed by atoms with van der Waals surface area (Å²) in [5.41, 5.74) is 0.990. The highest BCUT2D eigenvalue weighted by Crippen LogP contribution is 2.33. The Hall–Kier alpha value is -4.68. The third kappa shape index (κ3) is 5.42. The summed E-state index contributed by atoms with van der Waals surface area (Å²) in [5.74, 6) is -1.07. The fraction of sp³-hybridized carbons (Fsp3) is 0.538. The van der Waals surface area contributed by atoms with Crippen LogP contribution in [0.4, 0.5) is 11.6 Å². The summed E-state index contributed by atoms with van der Waals surface area (Å²) in [6.45, 7) is 0.165. The number of hydrogen-bond acceptors (Lipinski definition) is 18. The molecule has 2 saturated heterocycles. The average Bonchev–Trinajstić information content (AvgIpc) is 3.72. The molecule has 0 unspecified atom stereocenters. The van der Waals surface area contributed by atoms with Gasteiger partial charge in [0.25, 0.3) is 11.8 Å².